The fraction of sp³-hybridized carbons (Fsp3) is 0.273. The van der Waals surface area contributed by atoms with E-state index in [1.807, 2.05) is 24.3 Å². The number of rotatable bonds is 5. The Morgan fingerprint density at radius 1 is 1.29 bits per heavy atom. The lowest BCUT2D eigenvalue weighted by Gasteiger charge is -1.95. The maximum Gasteiger partial charge on any atom is 0.208 e. The van der Waals surface area contributed by atoms with Gasteiger partial charge in [-0.1, -0.05) is 23.4 Å². The first-order chi connectivity index (χ1) is 8.29. The highest BCUT2D eigenvalue weighted by Crippen LogP contribution is 2.21. The van der Waals surface area contributed by atoms with Crippen molar-refractivity contribution in [3.63, 3.8) is 0 Å². The molecule has 2 rings (SSSR count). The molecule has 2 N–H and O–H groups in total. The van der Waals surface area contributed by atoms with E-state index in [4.69, 9.17) is 16.7 Å². The molecule has 90 valence electrons. The van der Waals surface area contributed by atoms with E-state index in [0.717, 1.165) is 23.6 Å². The van der Waals surface area contributed by atoms with Gasteiger partial charge in [0, 0.05) is 22.9 Å². The SMILES string of the molecule is OCCCSc1n[nH]c(-c2ccc(Cl)cc2)n1. The Bertz CT molecular complexity index is 472. The number of hydrogen-bond donors (Lipinski definition) is 2. The molecule has 0 unspecified atom stereocenters. The van der Waals surface area contributed by atoms with Crippen molar-refractivity contribution in [2.45, 2.75) is 11.6 Å². The summed E-state index contributed by atoms with van der Waals surface area (Å²) in [6.45, 7) is 0.196. The average Bonchev–Trinajstić information content (AvgIpc) is 2.79. The number of H-pyrrole nitrogens is 1. The molecular weight excluding hydrogens is 258 g/mol. The minimum absolute atomic E-state index is 0.196. The van der Waals surface area contributed by atoms with Crippen LogP contribution in [0.2, 0.25) is 5.02 Å². The van der Waals surface area contributed by atoms with Crippen LogP contribution in [0.5, 0.6) is 0 Å². The Kier molecular flexibility index (Phi) is 4.42. The van der Waals surface area contributed by atoms with E-state index in [0.29, 0.717) is 10.2 Å². The number of thioether (sulfide) groups is 1. The second-order valence-corrected chi connectivity index (χ2v) is 4.90. The first kappa shape index (κ1) is 12.4. The van der Waals surface area contributed by atoms with E-state index in [1.165, 1.54) is 11.8 Å². The molecule has 0 spiro atoms. The smallest absolute Gasteiger partial charge is 0.208 e. The Hall–Kier alpha value is -1.04. The van der Waals surface area contributed by atoms with Crippen LogP contribution >= 0.6 is 23.4 Å². The number of aliphatic hydroxyl groups excluding tert-OH is 1. The monoisotopic (exact) mass is 269 g/mol. The summed E-state index contributed by atoms with van der Waals surface area (Å²) in [5.74, 6) is 1.54. The largest absolute Gasteiger partial charge is 0.396 e. The third-order valence-corrected chi connectivity index (χ3v) is 3.30. The van der Waals surface area contributed by atoms with E-state index in [2.05, 4.69) is 15.2 Å². The lowest BCUT2D eigenvalue weighted by molar-refractivity contribution is 0.296. The summed E-state index contributed by atoms with van der Waals surface area (Å²) in [5, 5.41) is 17.1. The number of aliphatic hydroxyl groups is 1. The highest BCUT2D eigenvalue weighted by Gasteiger charge is 2.05. The van der Waals surface area contributed by atoms with E-state index < -0.39 is 0 Å². The van der Waals surface area contributed by atoms with Crippen molar-refractivity contribution in [3.8, 4) is 11.4 Å². The molecule has 0 saturated carbocycles. The van der Waals surface area contributed by atoms with Gasteiger partial charge in [-0.2, -0.15) is 0 Å². The summed E-state index contributed by atoms with van der Waals surface area (Å²) in [6.07, 6.45) is 0.746. The van der Waals surface area contributed by atoms with Gasteiger partial charge >= 0.3 is 0 Å². The van der Waals surface area contributed by atoms with E-state index in [-0.39, 0.29) is 6.61 Å². The quantitative estimate of drug-likeness (QED) is 0.647. The minimum atomic E-state index is 0.196. The van der Waals surface area contributed by atoms with Crippen LogP contribution in [0.3, 0.4) is 0 Å². The van der Waals surface area contributed by atoms with Crippen LogP contribution in [0, 0.1) is 0 Å². The van der Waals surface area contributed by atoms with Crippen molar-refractivity contribution in [1.29, 1.82) is 0 Å². The molecule has 4 nitrogen and oxygen atoms in total. The molecule has 0 atom stereocenters. The van der Waals surface area contributed by atoms with Crippen LogP contribution in [-0.2, 0) is 0 Å². The second-order valence-electron chi connectivity index (χ2n) is 3.40. The lowest BCUT2D eigenvalue weighted by Crippen LogP contribution is -1.86. The van der Waals surface area contributed by atoms with Gasteiger partial charge in [0.1, 0.15) is 0 Å². The van der Waals surface area contributed by atoms with Gasteiger partial charge in [-0.3, -0.25) is 5.10 Å². The number of benzene rings is 1. The zero-order valence-corrected chi connectivity index (χ0v) is 10.6. The van der Waals surface area contributed by atoms with Gasteiger partial charge in [0.05, 0.1) is 0 Å². The van der Waals surface area contributed by atoms with Gasteiger partial charge in [0.15, 0.2) is 5.82 Å². The molecule has 0 fully saturated rings. The number of halogens is 1. The summed E-state index contributed by atoms with van der Waals surface area (Å²) < 4.78 is 0. The molecule has 6 heteroatoms. The first-order valence-electron chi connectivity index (χ1n) is 5.21. The van der Waals surface area contributed by atoms with Crippen molar-refractivity contribution in [3.05, 3.63) is 29.3 Å². The van der Waals surface area contributed by atoms with Crippen molar-refractivity contribution in [2.75, 3.05) is 12.4 Å². The van der Waals surface area contributed by atoms with E-state index in [9.17, 15) is 0 Å². The molecular formula is C11H12ClN3OS. The maximum atomic E-state index is 8.68. The van der Waals surface area contributed by atoms with Crippen molar-refractivity contribution in [2.24, 2.45) is 0 Å². The van der Waals surface area contributed by atoms with Gasteiger partial charge in [0.25, 0.3) is 0 Å². The van der Waals surface area contributed by atoms with Crippen LogP contribution in [0.1, 0.15) is 6.42 Å². The predicted octanol–water partition coefficient (Wildman–Crippen LogP) is 2.60. The van der Waals surface area contributed by atoms with Gasteiger partial charge in [-0.05, 0) is 30.7 Å². The van der Waals surface area contributed by atoms with E-state index in [1.54, 1.807) is 0 Å². The van der Waals surface area contributed by atoms with Gasteiger partial charge in [0.2, 0.25) is 5.16 Å². The molecule has 2 aromatic rings. The second kappa shape index (κ2) is 6.05. The summed E-state index contributed by atoms with van der Waals surface area (Å²) >= 11 is 7.34. The molecule has 0 saturated heterocycles. The third-order valence-electron chi connectivity index (χ3n) is 2.12. The van der Waals surface area contributed by atoms with Gasteiger partial charge in [-0.25, -0.2) is 4.98 Å². The molecule has 0 bridgehead atoms. The number of nitrogens with one attached hydrogen (secondary N) is 1. The van der Waals surface area contributed by atoms with Gasteiger partial charge < -0.3 is 5.11 Å². The third kappa shape index (κ3) is 3.46. The van der Waals surface area contributed by atoms with Crippen molar-refractivity contribution in [1.82, 2.24) is 15.2 Å². The van der Waals surface area contributed by atoms with Crippen LogP contribution in [0.15, 0.2) is 29.4 Å². The number of aromatic amines is 1. The molecule has 0 amide bonds. The highest BCUT2D eigenvalue weighted by atomic mass is 35.5. The molecule has 17 heavy (non-hydrogen) atoms. The molecule has 1 heterocycles. The number of hydrogen-bond acceptors (Lipinski definition) is 4. The number of aromatic nitrogens is 3. The molecule has 0 radical (unpaired) electrons. The van der Waals surface area contributed by atoms with Crippen LogP contribution in [0.25, 0.3) is 11.4 Å². The standard InChI is InChI=1S/C11H12ClN3OS/c12-9-4-2-8(3-5-9)10-13-11(15-14-10)17-7-1-6-16/h2-5,16H,1,6-7H2,(H,13,14,15). The fourth-order valence-corrected chi connectivity index (χ4v) is 2.12. The van der Waals surface area contributed by atoms with Crippen molar-refractivity contribution < 1.29 is 5.11 Å². The van der Waals surface area contributed by atoms with Crippen LogP contribution < -0.4 is 0 Å². The Balaban J connectivity index is 2.04. The zero-order valence-electron chi connectivity index (χ0n) is 9.06. The van der Waals surface area contributed by atoms with Crippen molar-refractivity contribution >= 4 is 23.4 Å². The van der Waals surface area contributed by atoms with Crippen LogP contribution in [0.4, 0.5) is 0 Å². The van der Waals surface area contributed by atoms with Gasteiger partial charge in [-0.15, -0.1) is 5.10 Å². The molecule has 1 aromatic heterocycles. The fourth-order valence-electron chi connectivity index (χ4n) is 1.28. The lowest BCUT2D eigenvalue weighted by atomic mass is 10.2. The molecule has 0 aliphatic heterocycles. The summed E-state index contributed by atoms with van der Waals surface area (Å²) in [5.41, 5.74) is 0.955. The first-order valence-corrected chi connectivity index (χ1v) is 6.58. The predicted molar refractivity (Wildman–Crippen MR) is 69.3 cm³/mol. The zero-order chi connectivity index (χ0) is 12.1. The number of nitrogens with zero attached hydrogens (tertiary/aromatic N) is 2. The molecule has 0 aliphatic carbocycles. The Morgan fingerprint density at radius 3 is 2.76 bits per heavy atom. The topological polar surface area (TPSA) is 61.8 Å². The summed E-state index contributed by atoms with van der Waals surface area (Å²) in [6, 6.07) is 7.42. The molecule has 1 aromatic carbocycles. The Morgan fingerprint density at radius 2 is 2.06 bits per heavy atom. The van der Waals surface area contributed by atoms with E-state index >= 15 is 0 Å². The minimum Gasteiger partial charge on any atom is -0.396 e. The normalized spacial score (nSPS) is 10.7. The molecule has 0 aliphatic rings. The average molecular weight is 270 g/mol. The summed E-state index contributed by atoms with van der Waals surface area (Å²) in [4.78, 5) is 4.35. The summed E-state index contributed by atoms with van der Waals surface area (Å²) in [7, 11) is 0. The highest BCUT2D eigenvalue weighted by molar-refractivity contribution is 7.99. The Labute approximate surface area is 108 Å². The maximum absolute atomic E-state index is 8.68. The van der Waals surface area contributed by atoms with Crippen LogP contribution in [-0.4, -0.2) is 32.6 Å².